The first-order valence-electron chi connectivity index (χ1n) is 7.75. The minimum absolute atomic E-state index is 0.229. The van der Waals surface area contributed by atoms with Crippen molar-refractivity contribution in [2.24, 2.45) is 0 Å². The van der Waals surface area contributed by atoms with Gasteiger partial charge in [0.1, 0.15) is 0 Å². The third-order valence-corrected chi connectivity index (χ3v) is 6.03. The summed E-state index contributed by atoms with van der Waals surface area (Å²) in [6, 6.07) is 14.5. The molecule has 0 aliphatic carbocycles. The zero-order valence-electron chi connectivity index (χ0n) is 14.2. The lowest BCUT2D eigenvalue weighted by Gasteiger charge is -2.24. The number of rotatable bonds is 7. The molecule has 6 heteroatoms. The molecule has 24 heavy (non-hydrogen) atoms. The Bertz CT molecular complexity index is 777. The molecule has 0 atom stereocenters. The molecule has 0 unspecified atom stereocenters. The maximum absolute atomic E-state index is 13.1. The summed E-state index contributed by atoms with van der Waals surface area (Å²) >= 11 is 6.12. The predicted octanol–water partition coefficient (Wildman–Crippen LogP) is 3.40. The SMILES string of the molecule is Cc1ccc(S(=O)(=O)N(CCN(C)C)Cc2ccccc2)cc1Cl. The van der Waals surface area contributed by atoms with Crippen LogP contribution in [0.2, 0.25) is 5.02 Å². The second-order valence-corrected chi connectivity index (χ2v) is 8.38. The van der Waals surface area contributed by atoms with Crippen molar-refractivity contribution >= 4 is 21.6 Å². The van der Waals surface area contributed by atoms with Crippen molar-refractivity contribution in [1.29, 1.82) is 0 Å². The molecule has 2 aromatic carbocycles. The summed E-state index contributed by atoms with van der Waals surface area (Å²) in [5, 5.41) is 0.461. The first-order valence-corrected chi connectivity index (χ1v) is 9.57. The molecule has 0 aliphatic rings. The van der Waals surface area contributed by atoms with Gasteiger partial charge in [0.25, 0.3) is 0 Å². The molecule has 4 nitrogen and oxygen atoms in total. The fourth-order valence-corrected chi connectivity index (χ4v) is 3.96. The van der Waals surface area contributed by atoms with Crippen LogP contribution in [-0.4, -0.2) is 44.8 Å². The van der Waals surface area contributed by atoms with Crippen molar-refractivity contribution in [3.05, 3.63) is 64.7 Å². The molecule has 130 valence electrons. The average molecular weight is 367 g/mol. The molecule has 0 saturated heterocycles. The maximum atomic E-state index is 13.1. The van der Waals surface area contributed by atoms with Crippen LogP contribution in [0.25, 0.3) is 0 Å². The van der Waals surface area contributed by atoms with E-state index in [1.54, 1.807) is 12.1 Å². The fourth-order valence-electron chi connectivity index (χ4n) is 2.27. The molecule has 0 radical (unpaired) electrons. The number of sulfonamides is 1. The van der Waals surface area contributed by atoms with E-state index in [4.69, 9.17) is 11.6 Å². The van der Waals surface area contributed by atoms with Crippen LogP contribution >= 0.6 is 11.6 Å². The highest BCUT2D eigenvalue weighted by Crippen LogP contribution is 2.24. The lowest BCUT2D eigenvalue weighted by molar-refractivity contribution is 0.329. The number of halogens is 1. The molecule has 0 aromatic heterocycles. The summed E-state index contributed by atoms with van der Waals surface area (Å²) < 4.78 is 27.6. The average Bonchev–Trinajstić information content (AvgIpc) is 2.54. The number of likely N-dealkylation sites (N-methyl/N-ethyl adjacent to an activating group) is 1. The van der Waals surface area contributed by atoms with Gasteiger partial charge in [-0.2, -0.15) is 4.31 Å². The number of benzene rings is 2. The number of hydrogen-bond acceptors (Lipinski definition) is 3. The molecule has 0 amide bonds. The summed E-state index contributed by atoms with van der Waals surface area (Å²) in [6.45, 7) is 3.25. The fraction of sp³-hybridized carbons (Fsp3) is 0.333. The molecule has 0 spiro atoms. The number of hydrogen-bond donors (Lipinski definition) is 0. The molecular weight excluding hydrogens is 344 g/mol. The van der Waals surface area contributed by atoms with E-state index >= 15 is 0 Å². The summed E-state index contributed by atoms with van der Waals surface area (Å²) in [7, 11) is 0.241. The van der Waals surface area contributed by atoms with Crippen molar-refractivity contribution in [1.82, 2.24) is 9.21 Å². The monoisotopic (exact) mass is 366 g/mol. The molecule has 0 aliphatic heterocycles. The minimum Gasteiger partial charge on any atom is -0.308 e. The Morgan fingerprint density at radius 1 is 1.00 bits per heavy atom. The van der Waals surface area contributed by atoms with Gasteiger partial charge in [-0.3, -0.25) is 0 Å². The molecule has 0 N–H and O–H groups in total. The molecular formula is C18H23ClN2O2S. The highest BCUT2D eigenvalue weighted by atomic mass is 35.5. The normalized spacial score (nSPS) is 12.1. The minimum atomic E-state index is -3.61. The zero-order valence-corrected chi connectivity index (χ0v) is 15.8. The smallest absolute Gasteiger partial charge is 0.243 e. The van der Waals surface area contributed by atoms with Gasteiger partial charge < -0.3 is 4.90 Å². The highest BCUT2D eigenvalue weighted by molar-refractivity contribution is 7.89. The predicted molar refractivity (Wildman–Crippen MR) is 98.8 cm³/mol. The van der Waals surface area contributed by atoms with Crippen molar-refractivity contribution in [2.75, 3.05) is 27.2 Å². The van der Waals surface area contributed by atoms with Crippen molar-refractivity contribution in [3.8, 4) is 0 Å². The largest absolute Gasteiger partial charge is 0.308 e. The quantitative estimate of drug-likeness (QED) is 0.754. The van der Waals surface area contributed by atoms with Gasteiger partial charge in [-0.25, -0.2) is 8.42 Å². The number of aryl methyl sites for hydroxylation is 1. The van der Waals surface area contributed by atoms with Gasteiger partial charge in [0, 0.05) is 24.7 Å². The van der Waals surface area contributed by atoms with Crippen LogP contribution < -0.4 is 0 Å². The van der Waals surface area contributed by atoms with E-state index in [0.717, 1.165) is 11.1 Å². The zero-order chi connectivity index (χ0) is 17.7. The second kappa shape index (κ2) is 8.12. The number of nitrogens with zero attached hydrogens (tertiary/aromatic N) is 2. The van der Waals surface area contributed by atoms with E-state index in [1.807, 2.05) is 56.3 Å². The first kappa shape index (κ1) is 18.9. The Kier molecular flexibility index (Phi) is 6.40. The van der Waals surface area contributed by atoms with E-state index < -0.39 is 10.0 Å². The van der Waals surface area contributed by atoms with E-state index in [1.165, 1.54) is 10.4 Å². The molecule has 0 heterocycles. The topological polar surface area (TPSA) is 40.6 Å². The maximum Gasteiger partial charge on any atom is 0.243 e. The van der Waals surface area contributed by atoms with E-state index in [9.17, 15) is 8.42 Å². The lowest BCUT2D eigenvalue weighted by Crippen LogP contribution is -2.36. The second-order valence-electron chi connectivity index (χ2n) is 6.04. The van der Waals surface area contributed by atoms with Crippen LogP contribution in [0.15, 0.2) is 53.4 Å². The molecule has 0 bridgehead atoms. The molecule has 0 fully saturated rings. The van der Waals surface area contributed by atoms with Gasteiger partial charge >= 0.3 is 0 Å². The Labute approximate surface area is 149 Å². The van der Waals surface area contributed by atoms with Crippen LogP contribution in [0, 0.1) is 6.92 Å². The van der Waals surface area contributed by atoms with Crippen LogP contribution in [0.1, 0.15) is 11.1 Å². The molecule has 2 aromatic rings. The van der Waals surface area contributed by atoms with Gasteiger partial charge in [-0.05, 0) is 44.3 Å². The van der Waals surface area contributed by atoms with Gasteiger partial charge in [0.2, 0.25) is 10.0 Å². The Hall–Kier alpha value is -1.40. The van der Waals surface area contributed by atoms with E-state index in [0.29, 0.717) is 24.7 Å². The Morgan fingerprint density at radius 3 is 2.25 bits per heavy atom. The van der Waals surface area contributed by atoms with Crippen LogP contribution in [0.3, 0.4) is 0 Å². The van der Waals surface area contributed by atoms with Gasteiger partial charge in [0.05, 0.1) is 4.90 Å². The Balaban J connectivity index is 2.34. The van der Waals surface area contributed by atoms with Crippen LogP contribution in [0.4, 0.5) is 0 Å². The third kappa shape index (κ3) is 4.80. The van der Waals surface area contributed by atoms with Crippen LogP contribution in [-0.2, 0) is 16.6 Å². The van der Waals surface area contributed by atoms with Gasteiger partial charge in [-0.15, -0.1) is 0 Å². The summed E-state index contributed by atoms with van der Waals surface area (Å²) in [5.74, 6) is 0. The van der Waals surface area contributed by atoms with Gasteiger partial charge in [0.15, 0.2) is 0 Å². The standard InChI is InChI=1S/C18H23ClN2O2S/c1-15-9-10-17(13-18(15)19)24(22,23)21(12-11-20(2)3)14-16-7-5-4-6-8-16/h4-10,13H,11-12,14H2,1-3H3. The highest BCUT2D eigenvalue weighted by Gasteiger charge is 2.25. The lowest BCUT2D eigenvalue weighted by atomic mass is 10.2. The summed E-state index contributed by atoms with van der Waals surface area (Å²) in [4.78, 5) is 2.20. The van der Waals surface area contributed by atoms with Crippen molar-refractivity contribution in [2.45, 2.75) is 18.4 Å². The Morgan fingerprint density at radius 2 is 1.67 bits per heavy atom. The van der Waals surface area contributed by atoms with Gasteiger partial charge in [-0.1, -0.05) is 48.0 Å². The molecule has 2 rings (SSSR count). The molecule has 0 saturated carbocycles. The van der Waals surface area contributed by atoms with E-state index in [-0.39, 0.29) is 4.90 Å². The van der Waals surface area contributed by atoms with Crippen molar-refractivity contribution in [3.63, 3.8) is 0 Å². The van der Waals surface area contributed by atoms with Crippen molar-refractivity contribution < 1.29 is 8.42 Å². The summed E-state index contributed by atoms with van der Waals surface area (Å²) in [6.07, 6.45) is 0. The van der Waals surface area contributed by atoms with E-state index in [2.05, 4.69) is 0 Å². The van der Waals surface area contributed by atoms with Crippen LogP contribution in [0.5, 0.6) is 0 Å². The summed E-state index contributed by atoms with van der Waals surface area (Å²) in [5.41, 5.74) is 1.82. The first-order chi connectivity index (χ1) is 11.3. The third-order valence-electron chi connectivity index (χ3n) is 3.78.